The van der Waals surface area contributed by atoms with Gasteiger partial charge in [0.2, 0.25) is 5.95 Å². The number of hydrogen-bond donors (Lipinski definition) is 1. The number of carbonyl (C=O) groups is 1. The number of rotatable bonds is 4. The Kier molecular flexibility index (Phi) is 3.50. The predicted molar refractivity (Wildman–Crippen MR) is 70.1 cm³/mol. The minimum Gasteiger partial charge on any atom is -0.466 e. The molecule has 0 unspecified atom stereocenters. The molecule has 96 valence electrons. The van der Waals surface area contributed by atoms with Gasteiger partial charge in [-0.05, 0) is 25.5 Å². The van der Waals surface area contributed by atoms with Crippen LogP contribution >= 0.6 is 0 Å². The van der Waals surface area contributed by atoms with Crippen LogP contribution in [0.2, 0.25) is 0 Å². The molecular weight excluding hydrogens is 230 g/mol. The van der Waals surface area contributed by atoms with Crippen LogP contribution in [0.25, 0.3) is 11.0 Å². The molecule has 5 nitrogen and oxygen atoms in total. The van der Waals surface area contributed by atoms with Crippen molar-refractivity contribution in [2.75, 3.05) is 12.3 Å². The molecule has 0 aliphatic rings. The molecule has 2 N–H and O–H groups in total. The predicted octanol–water partition coefficient (Wildman–Crippen LogP) is 1.88. The molecule has 0 aliphatic carbocycles. The highest BCUT2D eigenvalue weighted by Gasteiger charge is 2.11. The molecule has 1 heterocycles. The van der Waals surface area contributed by atoms with Gasteiger partial charge in [-0.15, -0.1) is 0 Å². The summed E-state index contributed by atoms with van der Waals surface area (Å²) in [5.74, 6) is 0.218. The van der Waals surface area contributed by atoms with Crippen LogP contribution < -0.4 is 5.73 Å². The molecule has 0 fully saturated rings. The third kappa shape index (κ3) is 2.30. The van der Waals surface area contributed by atoms with Crippen LogP contribution in [-0.2, 0) is 16.1 Å². The first kappa shape index (κ1) is 12.4. The fourth-order valence-corrected chi connectivity index (χ4v) is 1.98. The molecule has 5 heteroatoms. The fourth-order valence-electron chi connectivity index (χ4n) is 1.98. The largest absolute Gasteiger partial charge is 0.466 e. The van der Waals surface area contributed by atoms with Gasteiger partial charge in [-0.2, -0.15) is 0 Å². The number of benzene rings is 1. The highest BCUT2D eigenvalue weighted by molar-refractivity contribution is 5.81. The molecule has 0 aliphatic heterocycles. The van der Waals surface area contributed by atoms with E-state index in [9.17, 15) is 4.79 Å². The summed E-state index contributed by atoms with van der Waals surface area (Å²) in [4.78, 5) is 15.7. The first-order chi connectivity index (χ1) is 8.63. The molecular formula is C13H17N3O2. The van der Waals surface area contributed by atoms with Crippen molar-refractivity contribution in [2.24, 2.45) is 0 Å². The van der Waals surface area contributed by atoms with Gasteiger partial charge in [-0.25, -0.2) is 4.98 Å². The van der Waals surface area contributed by atoms with E-state index in [2.05, 4.69) is 4.98 Å². The number of hydrogen-bond acceptors (Lipinski definition) is 4. The number of nitrogens with zero attached hydrogens (tertiary/aromatic N) is 2. The zero-order chi connectivity index (χ0) is 13.1. The smallest absolute Gasteiger partial charge is 0.307 e. The Morgan fingerprint density at radius 1 is 1.50 bits per heavy atom. The normalized spacial score (nSPS) is 10.8. The summed E-state index contributed by atoms with van der Waals surface area (Å²) < 4.78 is 6.75. The topological polar surface area (TPSA) is 70.1 Å². The van der Waals surface area contributed by atoms with Crippen molar-refractivity contribution < 1.29 is 9.53 Å². The van der Waals surface area contributed by atoms with Crippen molar-refractivity contribution in [3.8, 4) is 0 Å². The van der Waals surface area contributed by atoms with Gasteiger partial charge >= 0.3 is 5.97 Å². The number of aromatic nitrogens is 2. The second kappa shape index (κ2) is 5.08. The van der Waals surface area contributed by atoms with Gasteiger partial charge in [0.15, 0.2) is 0 Å². The van der Waals surface area contributed by atoms with E-state index < -0.39 is 0 Å². The van der Waals surface area contributed by atoms with Gasteiger partial charge in [-0.3, -0.25) is 4.79 Å². The van der Waals surface area contributed by atoms with Gasteiger partial charge in [0, 0.05) is 6.54 Å². The molecule has 2 rings (SSSR count). The maximum atomic E-state index is 11.4. The summed E-state index contributed by atoms with van der Waals surface area (Å²) in [5, 5.41) is 0. The van der Waals surface area contributed by atoms with Crippen LogP contribution in [0, 0.1) is 6.92 Å². The minimum atomic E-state index is -0.216. The van der Waals surface area contributed by atoms with Gasteiger partial charge in [-0.1, -0.05) is 12.1 Å². The summed E-state index contributed by atoms with van der Waals surface area (Å²) in [6.07, 6.45) is 0.303. The van der Waals surface area contributed by atoms with Crippen molar-refractivity contribution in [1.82, 2.24) is 9.55 Å². The zero-order valence-electron chi connectivity index (χ0n) is 10.6. The van der Waals surface area contributed by atoms with Crippen molar-refractivity contribution in [2.45, 2.75) is 26.8 Å². The fraction of sp³-hybridized carbons (Fsp3) is 0.385. The van der Waals surface area contributed by atoms with E-state index in [4.69, 9.17) is 10.5 Å². The molecule has 0 saturated heterocycles. The monoisotopic (exact) mass is 247 g/mol. The number of carbonyl (C=O) groups excluding carboxylic acids is 1. The molecule has 0 amide bonds. The number of nitrogens with two attached hydrogens (primary N) is 1. The van der Waals surface area contributed by atoms with Crippen LogP contribution in [0.5, 0.6) is 0 Å². The van der Waals surface area contributed by atoms with E-state index in [1.807, 2.05) is 29.7 Å². The number of fused-ring (bicyclic) bond motifs is 1. The Labute approximate surface area is 106 Å². The molecule has 1 aromatic heterocycles. The Balaban J connectivity index is 2.25. The van der Waals surface area contributed by atoms with Crippen LogP contribution in [0.4, 0.5) is 5.95 Å². The lowest BCUT2D eigenvalue weighted by molar-refractivity contribution is -0.143. The summed E-state index contributed by atoms with van der Waals surface area (Å²) >= 11 is 0. The van der Waals surface area contributed by atoms with Crippen molar-refractivity contribution in [3.05, 3.63) is 23.8 Å². The Hall–Kier alpha value is -2.04. The highest BCUT2D eigenvalue weighted by atomic mass is 16.5. The summed E-state index contributed by atoms with van der Waals surface area (Å²) in [5.41, 5.74) is 8.80. The average molecular weight is 247 g/mol. The Morgan fingerprint density at radius 3 is 3.00 bits per heavy atom. The number of esters is 1. The Morgan fingerprint density at radius 2 is 2.28 bits per heavy atom. The molecule has 2 aromatic rings. The van der Waals surface area contributed by atoms with Crippen molar-refractivity contribution in [3.63, 3.8) is 0 Å². The number of imidazole rings is 1. The second-order valence-corrected chi connectivity index (χ2v) is 4.12. The van der Waals surface area contributed by atoms with E-state index in [1.54, 1.807) is 6.92 Å². The van der Waals surface area contributed by atoms with E-state index in [0.717, 1.165) is 16.6 Å². The molecule has 0 atom stereocenters. The van der Waals surface area contributed by atoms with E-state index >= 15 is 0 Å². The maximum Gasteiger partial charge on any atom is 0.307 e. The first-order valence-corrected chi connectivity index (χ1v) is 6.00. The lowest BCUT2D eigenvalue weighted by Crippen LogP contribution is -2.10. The van der Waals surface area contributed by atoms with Crippen LogP contribution in [0.3, 0.4) is 0 Å². The van der Waals surface area contributed by atoms with E-state index in [1.165, 1.54) is 0 Å². The van der Waals surface area contributed by atoms with Crippen LogP contribution in [0.15, 0.2) is 18.2 Å². The lowest BCUT2D eigenvalue weighted by atomic mass is 10.2. The van der Waals surface area contributed by atoms with Crippen molar-refractivity contribution >= 4 is 23.0 Å². The standard InChI is InChI=1S/C13H17N3O2/c1-3-18-11(17)7-8-16-10-6-4-5-9(2)12(10)15-13(16)14/h4-6H,3,7-8H2,1-2H3,(H2,14,15). The first-order valence-electron chi connectivity index (χ1n) is 6.00. The van der Waals surface area contributed by atoms with Crippen LogP contribution in [0.1, 0.15) is 18.9 Å². The molecule has 0 spiro atoms. The van der Waals surface area contributed by atoms with E-state index in [0.29, 0.717) is 25.5 Å². The van der Waals surface area contributed by atoms with Crippen molar-refractivity contribution in [1.29, 1.82) is 0 Å². The summed E-state index contributed by atoms with van der Waals surface area (Å²) in [6, 6.07) is 5.90. The van der Waals surface area contributed by atoms with Gasteiger partial charge in [0.25, 0.3) is 0 Å². The number of anilines is 1. The van der Waals surface area contributed by atoms with Crippen LogP contribution in [-0.4, -0.2) is 22.1 Å². The minimum absolute atomic E-state index is 0.216. The quantitative estimate of drug-likeness (QED) is 0.837. The van der Waals surface area contributed by atoms with Gasteiger partial charge < -0.3 is 15.0 Å². The summed E-state index contributed by atoms with van der Waals surface area (Å²) in [6.45, 7) is 4.68. The van der Waals surface area contributed by atoms with Gasteiger partial charge in [0.05, 0.1) is 24.1 Å². The Bertz CT molecular complexity index is 575. The summed E-state index contributed by atoms with van der Waals surface area (Å²) in [7, 11) is 0. The SMILES string of the molecule is CCOC(=O)CCn1c(N)nc2c(C)cccc21. The zero-order valence-corrected chi connectivity index (χ0v) is 10.6. The van der Waals surface area contributed by atoms with E-state index in [-0.39, 0.29) is 5.97 Å². The second-order valence-electron chi connectivity index (χ2n) is 4.12. The molecule has 18 heavy (non-hydrogen) atoms. The third-order valence-corrected chi connectivity index (χ3v) is 2.86. The number of ether oxygens (including phenoxy) is 1. The third-order valence-electron chi connectivity index (χ3n) is 2.86. The van der Waals surface area contributed by atoms with Gasteiger partial charge in [0.1, 0.15) is 0 Å². The molecule has 0 saturated carbocycles. The molecule has 1 aromatic carbocycles. The average Bonchev–Trinajstić information content (AvgIpc) is 2.65. The number of aryl methyl sites for hydroxylation is 2. The maximum absolute atomic E-state index is 11.4. The number of nitrogen functional groups attached to an aromatic ring is 1. The molecule has 0 bridgehead atoms. The number of para-hydroxylation sites is 1. The molecule has 0 radical (unpaired) electrons. The highest BCUT2D eigenvalue weighted by Crippen LogP contribution is 2.21. The lowest BCUT2D eigenvalue weighted by Gasteiger charge is -2.06.